The summed E-state index contributed by atoms with van der Waals surface area (Å²) in [6.07, 6.45) is 7.55. The molecule has 0 aromatic carbocycles. The molecule has 1 aromatic rings. The standard InChI is InChI=1S/C18H27N3O3/c22-18(17-15-3-1-2-4-16(15)24-20-17)19-11-13-5-8-21(9-6-13)14-7-10-23-12-14/h13-14H,1-12H2,(H,19,22)/t14-/m1/s1. The van der Waals surface area contributed by atoms with Crippen molar-refractivity contribution in [3.8, 4) is 0 Å². The highest BCUT2D eigenvalue weighted by Crippen LogP contribution is 2.25. The van der Waals surface area contributed by atoms with Crippen molar-refractivity contribution >= 4 is 5.91 Å². The fraction of sp³-hybridized carbons (Fsp3) is 0.778. The van der Waals surface area contributed by atoms with E-state index in [-0.39, 0.29) is 5.91 Å². The van der Waals surface area contributed by atoms with E-state index in [1.807, 2.05) is 0 Å². The summed E-state index contributed by atoms with van der Waals surface area (Å²) in [5, 5.41) is 7.10. The lowest BCUT2D eigenvalue weighted by Gasteiger charge is -2.35. The normalized spacial score (nSPS) is 25.6. The number of nitrogens with one attached hydrogen (secondary N) is 1. The Labute approximate surface area is 142 Å². The third kappa shape index (κ3) is 3.35. The minimum absolute atomic E-state index is 0.0616. The zero-order valence-electron chi connectivity index (χ0n) is 14.3. The maximum Gasteiger partial charge on any atom is 0.273 e. The van der Waals surface area contributed by atoms with Gasteiger partial charge in [-0.15, -0.1) is 0 Å². The van der Waals surface area contributed by atoms with Crippen molar-refractivity contribution in [1.82, 2.24) is 15.4 Å². The summed E-state index contributed by atoms with van der Waals surface area (Å²) in [7, 11) is 0. The van der Waals surface area contributed by atoms with E-state index in [1.54, 1.807) is 0 Å². The molecule has 3 heterocycles. The van der Waals surface area contributed by atoms with Crippen molar-refractivity contribution in [2.75, 3.05) is 32.8 Å². The van der Waals surface area contributed by atoms with Crippen LogP contribution < -0.4 is 5.32 Å². The quantitative estimate of drug-likeness (QED) is 0.910. The summed E-state index contributed by atoms with van der Waals surface area (Å²) in [6.45, 7) is 4.78. The van der Waals surface area contributed by atoms with Gasteiger partial charge in [-0.2, -0.15) is 0 Å². The molecule has 132 valence electrons. The molecular formula is C18H27N3O3. The van der Waals surface area contributed by atoms with E-state index in [0.29, 0.717) is 17.7 Å². The van der Waals surface area contributed by atoms with Crippen LogP contribution in [-0.2, 0) is 17.6 Å². The Kier molecular flexibility index (Phi) is 4.85. The lowest BCUT2D eigenvalue weighted by atomic mass is 9.94. The van der Waals surface area contributed by atoms with E-state index >= 15 is 0 Å². The molecule has 0 spiro atoms. The topological polar surface area (TPSA) is 67.6 Å². The highest BCUT2D eigenvalue weighted by atomic mass is 16.5. The Hall–Kier alpha value is -1.40. The molecule has 1 aliphatic carbocycles. The number of carbonyl (C=O) groups excluding carboxylic acids is 1. The van der Waals surface area contributed by atoms with Gasteiger partial charge < -0.3 is 14.6 Å². The summed E-state index contributed by atoms with van der Waals surface area (Å²) >= 11 is 0. The third-order valence-corrected chi connectivity index (χ3v) is 5.79. The molecule has 2 aliphatic heterocycles. The van der Waals surface area contributed by atoms with Crippen LogP contribution in [0.2, 0.25) is 0 Å². The van der Waals surface area contributed by atoms with Crippen LogP contribution in [-0.4, -0.2) is 54.9 Å². The van der Waals surface area contributed by atoms with Crippen molar-refractivity contribution in [2.45, 2.75) is 51.0 Å². The number of hydrogen-bond acceptors (Lipinski definition) is 5. The van der Waals surface area contributed by atoms with E-state index < -0.39 is 0 Å². The van der Waals surface area contributed by atoms with Crippen LogP contribution in [0, 0.1) is 5.92 Å². The summed E-state index contributed by atoms with van der Waals surface area (Å²) < 4.78 is 10.8. The van der Waals surface area contributed by atoms with Crippen LogP contribution in [0.25, 0.3) is 0 Å². The van der Waals surface area contributed by atoms with Gasteiger partial charge >= 0.3 is 0 Å². The maximum absolute atomic E-state index is 12.4. The second kappa shape index (κ2) is 7.23. The third-order valence-electron chi connectivity index (χ3n) is 5.79. The zero-order valence-corrected chi connectivity index (χ0v) is 14.3. The molecule has 1 aromatic heterocycles. The molecule has 0 saturated carbocycles. The van der Waals surface area contributed by atoms with Crippen molar-refractivity contribution in [3.05, 3.63) is 17.0 Å². The molecule has 0 radical (unpaired) electrons. The molecule has 1 amide bonds. The first-order chi connectivity index (χ1) is 11.8. The van der Waals surface area contributed by atoms with Gasteiger partial charge in [-0.3, -0.25) is 9.69 Å². The second-order valence-electron chi connectivity index (χ2n) is 7.35. The fourth-order valence-electron chi connectivity index (χ4n) is 4.22. The summed E-state index contributed by atoms with van der Waals surface area (Å²) in [4.78, 5) is 15.0. The van der Waals surface area contributed by atoms with E-state index in [9.17, 15) is 4.79 Å². The molecule has 1 N–H and O–H groups in total. The zero-order chi connectivity index (χ0) is 16.4. The number of nitrogens with zero attached hydrogens (tertiary/aromatic N) is 2. The summed E-state index contributed by atoms with van der Waals surface area (Å²) in [5.74, 6) is 1.42. The van der Waals surface area contributed by atoms with Gasteiger partial charge in [0.05, 0.1) is 6.61 Å². The Morgan fingerprint density at radius 2 is 2.04 bits per heavy atom. The Balaban J connectivity index is 1.25. The molecule has 6 nitrogen and oxygen atoms in total. The van der Waals surface area contributed by atoms with Gasteiger partial charge in [0.25, 0.3) is 5.91 Å². The Bertz CT molecular complexity index is 572. The highest BCUT2D eigenvalue weighted by molar-refractivity contribution is 5.93. The average Bonchev–Trinajstić information content (AvgIpc) is 3.30. The molecule has 0 bridgehead atoms. The minimum atomic E-state index is -0.0616. The van der Waals surface area contributed by atoms with Gasteiger partial charge in [-0.1, -0.05) is 5.16 Å². The fourth-order valence-corrected chi connectivity index (χ4v) is 4.22. The van der Waals surface area contributed by atoms with E-state index in [2.05, 4.69) is 15.4 Å². The highest BCUT2D eigenvalue weighted by Gasteiger charge is 2.28. The number of rotatable bonds is 4. The molecule has 24 heavy (non-hydrogen) atoms. The predicted octanol–water partition coefficient (Wildman–Crippen LogP) is 1.78. The average molecular weight is 333 g/mol. The SMILES string of the molecule is O=C(NCC1CCN([C@@H]2CCOC2)CC1)c1noc2c1CCCC2. The Morgan fingerprint density at radius 1 is 1.21 bits per heavy atom. The number of hydrogen-bond donors (Lipinski definition) is 1. The van der Waals surface area contributed by atoms with Crippen LogP contribution in [0.3, 0.4) is 0 Å². The number of ether oxygens (including phenoxy) is 1. The Morgan fingerprint density at radius 3 is 2.83 bits per heavy atom. The lowest BCUT2D eigenvalue weighted by Crippen LogP contribution is -2.44. The maximum atomic E-state index is 12.4. The molecule has 2 saturated heterocycles. The molecule has 0 unspecified atom stereocenters. The van der Waals surface area contributed by atoms with Gasteiger partial charge in [0.1, 0.15) is 5.76 Å². The number of carbonyl (C=O) groups is 1. The van der Waals surface area contributed by atoms with Gasteiger partial charge in [0.15, 0.2) is 5.69 Å². The van der Waals surface area contributed by atoms with Gasteiger partial charge in [-0.05, 0) is 57.5 Å². The summed E-state index contributed by atoms with van der Waals surface area (Å²) in [6, 6.07) is 0.613. The lowest BCUT2D eigenvalue weighted by molar-refractivity contribution is 0.0902. The number of piperidine rings is 1. The van der Waals surface area contributed by atoms with Crippen LogP contribution in [0.5, 0.6) is 0 Å². The van der Waals surface area contributed by atoms with Gasteiger partial charge in [0, 0.05) is 31.2 Å². The molecule has 1 atom stereocenters. The van der Waals surface area contributed by atoms with Crippen molar-refractivity contribution < 1.29 is 14.1 Å². The van der Waals surface area contributed by atoms with Crippen LogP contribution >= 0.6 is 0 Å². The number of aromatic nitrogens is 1. The molecule has 6 heteroatoms. The van der Waals surface area contributed by atoms with Crippen LogP contribution in [0.4, 0.5) is 0 Å². The van der Waals surface area contributed by atoms with Gasteiger partial charge in [0.2, 0.25) is 0 Å². The number of amides is 1. The van der Waals surface area contributed by atoms with Crippen LogP contribution in [0.1, 0.15) is 53.9 Å². The molecule has 2 fully saturated rings. The van der Waals surface area contributed by atoms with E-state index in [1.165, 1.54) is 6.42 Å². The van der Waals surface area contributed by atoms with Crippen molar-refractivity contribution in [2.24, 2.45) is 5.92 Å². The van der Waals surface area contributed by atoms with E-state index in [0.717, 1.165) is 82.7 Å². The number of fused-ring (bicyclic) bond motifs is 1. The van der Waals surface area contributed by atoms with Gasteiger partial charge in [-0.25, -0.2) is 0 Å². The minimum Gasteiger partial charge on any atom is -0.380 e. The van der Waals surface area contributed by atoms with E-state index in [4.69, 9.17) is 9.26 Å². The first kappa shape index (κ1) is 16.1. The second-order valence-corrected chi connectivity index (χ2v) is 7.35. The number of aryl methyl sites for hydroxylation is 1. The largest absolute Gasteiger partial charge is 0.380 e. The van der Waals surface area contributed by atoms with Crippen molar-refractivity contribution in [3.63, 3.8) is 0 Å². The van der Waals surface area contributed by atoms with Crippen LogP contribution in [0.15, 0.2) is 4.52 Å². The molecule has 4 rings (SSSR count). The van der Waals surface area contributed by atoms with Crippen molar-refractivity contribution in [1.29, 1.82) is 0 Å². The smallest absolute Gasteiger partial charge is 0.273 e. The molecule has 3 aliphatic rings. The molecular weight excluding hydrogens is 306 g/mol. The number of likely N-dealkylation sites (tertiary alicyclic amines) is 1. The first-order valence-corrected chi connectivity index (χ1v) is 9.38. The predicted molar refractivity (Wildman–Crippen MR) is 89.0 cm³/mol. The summed E-state index contributed by atoms with van der Waals surface area (Å²) in [5.41, 5.74) is 1.56. The first-order valence-electron chi connectivity index (χ1n) is 9.38. The monoisotopic (exact) mass is 333 g/mol.